The molecule has 0 atom stereocenters. The van der Waals surface area contributed by atoms with Crippen LogP contribution < -0.4 is 4.74 Å². The first-order valence-electron chi connectivity index (χ1n) is 6.61. The fourth-order valence-corrected chi connectivity index (χ4v) is 3.30. The van der Waals surface area contributed by atoms with Crippen molar-refractivity contribution < 1.29 is 23.4 Å². The van der Waals surface area contributed by atoms with Crippen LogP contribution in [0, 0.1) is 0 Å². The van der Waals surface area contributed by atoms with E-state index in [1.807, 2.05) is 6.92 Å². The van der Waals surface area contributed by atoms with Crippen molar-refractivity contribution in [3.05, 3.63) is 23.2 Å². The van der Waals surface area contributed by atoms with Crippen LogP contribution in [0.2, 0.25) is 5.02 Å². The Labute approximate surface area is 130 Å². The Kier molecular flexibility index (Phi) is 7.41. The summed E-state index contributed by atoms with van der Waals surface area (Å²) in [6, 6.07) is 4.18. The first-order valence-corrected chi connectivity index (χ1v) is 8.43. The average molecular weight is 338 g/mol. The lowest BCUT2D eigenvalue weighted by molar-refractivity contribution is 0.217. The van der Waals surface area contributed by atoms with Gasteiger partial charge in [-0.05, 0) is 18.6 Å². The summed E-state index contributed by atoms with van der Waals surface area (Å²) in [5, 5.41) is 18.2. The van der Waals surface area contributed by atoms with Gasteiger partial charge in [0, 0.05) is 19.2 Å². The molecule has 21 heavy (non-hydrogen) atoms. The number of aliphatic hydroxyl groups excluding tert-OH is 2. The molecule has 0 bridgehead atoms. The fraction of sp³-hybridized carbons (Fsp3) is 0.538. The molecule has 1 rings (SSSR count). The zero-order valence-corrected chi connectivity index (χ0v) is 13.4. The third-order valence-electron chi connectivity index (χ3n) is 2.70. The first kappa shape index (κ1) is 18.2. The van der Waals surface area contributed by atoms with Crippen molar-refractivity contribution in [2.75, 3.05) is 32.9 Å². The summed E-state index contributed by atoms with van der Waals surface area (Å²) in [6.45, 7) is 1.53. The highest BCUT2D eigenvalue weighted by Crippen LogP contribution is 2.29. The van der Waals surface area contributed by atoms with Gasteiger partial charge in [-0.15, -0.1) is 0 Å². The lowest BCUT2D eigenvalue weighted by Gasteiger charge is -2.20. The fourth-order valence-electron chi connectivity index (χ4n) is 1.69. The number of rotatable bonds is 9. The second-order valence-corrected chi connectivity index (χ2v) is 6.64. The molecule has 0 aliphatic rings. The Morgan fingerprint density at radius 3 is 2.38 bits per heavy atom. The van der Waals surface area contributed by atoms with E-state index in [0.29, 0.717) is 17.4 Å². The number of sulfonamides is 1. The van der Waals surface area contributed by atoms with Gasteiger partial charge in [0.05, 0.1) is 29.7 Å². The Bertz CT molecular complexity index is 543. The zero-order chi connectivity index (χ0) is 15.9. The maximum atomic E-state index is 12.5. The smallest absolute Gasteiger partial charge is 0.243 e. The van der Waals surface area contributed by atoms with Crippen molar-refractivity contribution >= 4 is 21.6 Å². The van der Waals surface area contributed by atoms with E-state index >= 15 is 0 Å². The summed E-state index contributed by atoms with van der Waals surface area (Å²) in [6.07, 6.45) is 0.772. The molecular weight excluding hydrogens is 318 g/mol. The Morgan fingerprint density at radius 2 is 1.86 bits per heavy atom. The minimum atomic E-state index is -3.81. The molecule has 0 spiro atoms. The lowest BCUT2D eigenvalue weighted by Crippen LogP contribution is -2.35. The van der Waals surface area contributed by atoms with Gasteiger partial charge in [-0.25, -0.2) is 8.42 Å². The number of ether oxygens (including phenoxy) is 1. The van der Waals surface area contributed by atoms with Crippen molar-refractivity contribution in [3.63, 3.8) is 0 Å². The van der Waals surface area contributed by atoms with Crippen LogP contribution in [0.5, 0.6) is 5.75 Å². The molecule has 0 aliphatic heterocycles. The van der Waals surface area contributed by atoms with E-state index in [1.54, 1.807) is 0 Å². The molecule has 0 fully saturated rings. The minimum absolute atomic E-state index is 0.0138. The number of benzene rings is 1. The highest BCUT2D eigenvalue weighted by molar-refractivity contribution is 7.89. The van der Waals surface area contributed by atoms with E-state index < -0.39 is 10.0 Å². The van der Waals surface area contributed by atoms with Crippen molar-refractivity contribution in [1.29, 1.82) is 0 Å². The third kappa shape index (κ3) is 4.82. The number of halogens is 1. The summed E-state index contributed by atoms with van der Waals surface area (Å²) in [5.74, 6) is 0.299. The van der Waals surface area contributed by atoms with Gasteiger partial charge in [0.25, 0.3) is 0 Å². The van der Waals surface area contributed by atoms with Gasteiger partial charge in [0.2, 0.25) is 10.0 Å². The maximum Gasteiger partial charge on any atom is 0.243 e. The van der Waals surface area contributed by atoms with E-state index in [-0.39, 0.29) is 31.2 Å². The lowest BCUT2D eigenvalue weighted by atomic mass is 10.3. The molecule has 8 heteroatoms. The van der Waals surface area contributed by atoms with E-state index in [0.717, 1.165) is 10.7 Å². The third-order valence-corrected chi connectivity index (χ3v) is 4.91. The van der Waals surface area contributed by atoms with Crippen molar-refractivity contribution in [3.8, 4) is 5.75 Å². The quantitative estimate of drug-likeness (QED) is 0.704. The van der Waals surface area contributed by atoms with E-state index in [1.165, 1.54) is 18.2 Å². The average Bonchev–Trinajstić information content (AvgIpc) is 2.46. The highest BCUT2D eigenvalue weighted by Gasteiger charge is 2.24. The Balaban J connectivity index is 3.11. The van der Waals surface area contributed by atoms with Crippen LogP contribution in [0.4, 0.5) is 0 Å². The van der Waals surface area contributed by atoms with Crippen molar-refractivity contribution in [2.45, 2.75) is 18.2 Å². The standard InChI is InChI=1S/C13H20ClNO5S/c1-2-9-20-13-10-11(3-4-12(13)14)21(18,19)15(5-7-16)6-8-17/h3-4,10,16-17H,2,5-9H2,1H3. The molecule has 0 saturated heterocycles. The molecule has 0 radical (unpaired) electrons. The second-order valence-electron chi connectivity index (χ2n) is 4.29. The predicted octanol–water partition coefficient (Wildman–Crippen LogP) is 1.10. The molecule has 1 aromatic rings. The number of hydrogen-bond donors (Lipinski definition) is 2. The molecule has 0 aliphatic carbocycles. The molecule has 0 heterocycles. The van der Waals surface area contributed by atoms with Gasteiger partial charge in [0.1, 0.15) is 5.75 Å². The molecule has 0 saturated carbocycles. The van der Waals surface area contributed by atoms with Gasteiger partial charge in [-0.3, -0.25) is 0 Å². The molecule has 0 amide bonds. The maximum absolute atomic E-state index is 12.5. The van der Waals surface area contributed by atoms with Crippen molar-refractivity contribution in [1.82, 2.24) is 4.31 Å². The Morgan fingerprint density at radius 1 is 1.24 bits per heavy atom. The predicted molar refractivity (Wildman–Crippen MR) is 80.2 cm³/mol. The van der Waals surface area contributed by atoms with Crippen LogP contribution in [0.15, 0.2) is 23.1 Å². The molecule has 2 N–H and O–H groups in total. The van der Waals surface area contributed by atoms with Gasteiger partial charge in [-0.2, -0.15) is 4.31 Å². The Hall–Kier alpha value is -0.860. The minimum Gasteiger partial charge on any atom is -0.492 e. The molecule has 1 aromatic carbocycles. The van der Waals surface area contributed by atoms with Crippen LogP contribution in [-0.2, 0) is 10.0 Å². The van der Waals surface area contributed by atoms with Gasteiger partial charge in [0.15, 0.2) is 0 Å². The molecule has 120 valence electrons. The molecule has 0 aromatic heterocycles. The number of hydrogen-bond acceptors (Lipinski definition) is 5. The van der Waals surface area contributed by atoms with Crippen molar-refractivity contribution in [2.24, 2.45) is 0 Å². The van der Waals surface area contributed by atoms with Gasteiger partial charge < -0.3 is 14.9 Å². The van der Waals surface area contributed by atoms with Gasteiger partial charge in [-0.1, -0.05) is 18.5 Å². The van der Waals surface area contributed by atoms with Gasteiger partial charge >= 0.3 is 0 Å². The second kappa shape index (κ2) is 8.55. The topological polar surface area (TPSA) is 87.1 Å². The normalized spacial score (nSPS) is 11.9. The first-order chi connectivity index (χ1) is 9.97. The summed E-state index contributed by atoms with van der Waals surface area (Å²) in [7, 11) is -3.81. The summed E-state index contributed by atoms with van der Waals surface area (Å²) < 4.78 is 31.3. The van der Waals surface area contributed by atoms with E-state index in [9.17, 15) is 8.42 Å². The number of aliphatic hydroxyl groups is 2. The summed E-state index contributed by atoms with van der Waals surface area (Å²) in [5.41, 5.74) is 0. The summed E-state index contributed by atoms with van der Waals surface area (Å²) >= 11 is 5.97. The number of nitrogens with zero attached hydrogens (tertiary/aromatic N) is 1. The van der Waals surface area contributed by atoms with E-state index in [2.05, 4.69) is 0 Å². The monoisotopic (exact) mass is 337 g/mol. The molecule has 6 nitrogen and oxygen atoms in total. The van der Waals surface area contributed by atoms with Crippen LogP contribution in [0.1, 0.15) is 13.3 Å². The molecular formula is C13H20ClNO5S. The van der Waals surface area contributed by atoms with Crippen LogP contribution >= 0.6 is 11.6 Å². The largest absolute Gasteiger partial charge is 0.492 e. The molecule has 0 unspecified atom stereocenters. The van der Waals surface area contributed by atoms with Crippen LogP contribution in [0.3, 0.4) is 0 Å². The van der Waals surface area contributed by atoms with Crippen LogP contribution in [0.25, 0.3) is 0 Å². The van der Waals surface area contributed by atoms with E-state index in [4.69, 9.17) is 26.6 Å². The summed E-state index contributed by atoms with van der Waals surface area (Å²) in [4.78, 5) is 0.0138. The van der Waals surface area contributed by atoms with Crippen LogP contribution in [-0.4, -0.2) is 55.8 Å². The SMILES string of the molecule is CCCOc1cc(S(=O)(=O)N(CCO)CCO)ccc1Cl. The zero-order valence-electron chi connectivity index (χ0n) is 11.8. The highest BCUT2D eigenvalue weighted by atomic mass is 35.5.